The highest BCUT2D eigenvalue weighted by Gasteiger charge is 2.43. The first-order valence-electron chi connectivity index (χ1n) is 25.5. The first kappa shape index (κ1) is 55.5. The molecule has 1 spiro atoms. The van der Waals surface area contributed by atoms with Crippen molar-refractivity contribution >= 4 is 0 Å². The molecule has 2 N–H and O–H groups in total. The van der Waals surface area contributed by atoms with Crippen LogP contribution >= 0.6 is 0 Å². The lowest BCUT2D eigenvalue weighted by Crippen LogP contribution is -2.52. The maximum absolute atomic E-state index is 12.0. The minimum Gasteiger partial charge on any atom is -0.507 e. The van der Waals surface area contributed by atoms with Crippen LogP contribution in [-0.4, -0.2) is 49.2 Å². The molecular formula is C59H100O6. The smallest absolute Gasteiger partial charge is 0.157 e. The molecule has 0 bridgehead atoms. The zero-order valence-electron chi connectivity index (χ0n) is 46.1. The van der Waals surface area contributed by atoms with Gasteiger partial charge in [0.25, 0.3) is 0 Å². The number of phenolic OH excluding ortho intramolecular Hbond substituents is 2. The molecule has 372 valence electrons. The molecule has 0 aliphatic carbocycles. The van der Waals surface area contributed by atoms with Crippen LogP contribution in [0.1, 0.15) is 249 Å². The van der Waals surface area contributed by atoms with Gasteiger partial charge in [0.2, 0.25) is 0 Å². The lowest BCUT2D eigenvalue weighted by atomic mass is 9.67. The summed E-state index contributed by atoms with van der Waals surface area (Å²) in [5, 5.41) is 24.0. The van der Waals surface area contributed by atoms with Gasteiger partial charge in [-0.3, -0.25) is 0 Å². The molecule has 4 rings (SSSR count). The lowest BCUT2D eigenvalue weighted by molar-refractivity contribution is -0.304. The van der Waals surface area contributed by atoms with Crippen LogP contribution in [0.15, 0.2) is 24.3 Å². The molecule has 2 fully saturated rings. The Hall–Kier alpha value is -2.12. The molecular weight excluding hydrogens is 805 g/mol. The van der Waals surface area contributed by atoms with Gasteiger partial charge >= 0.3 is 0 Å². The van der Waals surface area contributed by atoms with Crippen LogP contribution in [0.5, 0.6) is 11.5 Å². The minimum atomic E-state index is -0.305. The van der Waals surface area contributed by atoms with Gasteiger partial charge < -0.3 is 29.2 Å². The summed E-state index contributed by atoms with van der Waals surface area (Å²) in [5.41, 5.74) is 6.20. The Bertz CT molecular complexity index is 1630. The van der Waals surface area contributed by atoms with Crippen molar-refractivity contribution < 1.29 is 29.2 Å². The Morgan fingerprint density at radius 3 is 0.846 bits per heavy atom. The third kappa shape index (κ3) is 15.4. The summed E-state index contributed by atoms with van der Waals surface area (Å²) in [6.07, 6.45) is 6.77. The molecule has 6 nitrogen and oxygen atoms in total. The lowest BCUT2D eigenvalue weighted by Gasteiger charge is -2.44. The van der Waals surface area contributed by atoms with Crippen LogP contribution in [0.2, 0.25) is 0 Å². The fourth-order valence-corrected chi connectivity index (χ4v) is 12.5. The highest BCUT2D eigenvalue weighted by Crippen LogP contribution is 2.50. The molecule has 65 heavy (non-hydrogen) atoms. The molecule has 2 saturated heterocycles. The van der Waals surface area contributed by atoms with Crippen molar-refractivity contribution in [3.63, 3.8) is 0 Å². The number of rotatable bonds is 16. The van der Waals surface area contributed by atoms with E-state index in [2.05, 4.69) is 177 Å². The van der Waals surface area contributed by atoms with Crippen molar-refractivity contribution in [2.45, 2.75) is 250 Å². The molecule has 2 aromatic carbocycles. The molecule has 2 aromatic rings. The Balaban J connectivity index is 1.40. The number of benzene rings is 2. The standard InChI is InChI=1S/C59H100O6/c1-39(41-27-43(55(15,16)31-51(3,4)5)49(60)44(28-41)56(17,18)32-52(6,7)8)23-25-47-62-35-59(36-63-47)37-64-48(65-38-59)26-24-40(2)42-29-45(57(19,20)33-53(9,10)11)50(61)46(30-42)58(21,22)34-54(12,13)14/h27-30,39-40,47-48,60-61H,23-26,31-38H2,1-22H3. The minimum absolute atomic E-state index is 0.122. The fraction of sp³-hybridized carbons (Fsp3) is 0.797. The molecule has 2 unspecified atom stereocenters. The van der Waals surface area contributed by atoms with E-state index in [-0.39, 0.29) is 73.2 Å². The van der Waals surface area contributed by atoms with Gasteiger partial charge in [0.15, 0.2) is 12.6 Å². The van der Waals surface area contributed by atoms with E-state index in [1.165, 1.54) is 11.1 Å². The molecule has 2 aliphatic heterocycles. The van der Waals surface area contributed by atoms with E-state index in [1.807, 2.05) is 0 Å². The molecule has 0 amide bonds. The third-order valence-electron chi connectivity index (χ3n) is 14.2. The van der Waals surface area contributed by atoms with Crippen LogP contribution in [0.3, 0.4) is 0 Å². The van der Waals surface area contributed by atoms with Gasteiger partial charge in [-0.15, -0.1) is 0 Å². The van der Waals surface area contributed by atoms with Crippen molar-refractivity contribution in [2.24, 2.45) is 27.1 Å². The van der Waals surface area contributed by atoms with Crippen molar-refractivity contribution in [2.75, 3.05) is 26.4 Å². The summed E-state index contributed by atoms with van der Waals surface area (Å²) < 4.78 is 25.8. The second kappa shape index (κ2) is 19.7. The van der Waals surface area contributed by atoms with Crippen molar-refractivity contribution in [3.05, 3.63) is 57.6 Å². The van der Waals surface area contributed by atoms with Crippen LogP contribution in [-0.2, 0) is 40.6 Å². The Kier molecular flexibility index (Phi) is 16.8. The maximum Gasteiger partial charge on any atom is 0.157 e. The molecule has 2 aliphatic rings. The first-order valence-corrected chi connectivity index (χ1v) is 25.5. The number of hydrogen-bond acceptors (Lipinski definition) is 6. The molecule has 0 radical (unpaired) electrons. The maximum atomic E-state index is 12.0. The van der Waals surface area contributed by atoms with Crippen molar-refractivity contribution in [1.82, 2.24) is 0 Å². The van der Waals surface area contributed by atoms with Crippen LogP contribution < -0.4 is 0 Å². The number of ether oxygens (including phenoxy) is 4. The molecule has 0 saturated carbocycles. The van der Waals surface area contributed by atoms with E-state index >= 15 is 0 Å². The molecule has 2 atom stereocenters. The zero-order valence-corrected chi connectivity index (χ0v) is 46.1. The van der Waals surface area contributed by atoms with Gasteiger partial charge in [0.1, 0.15) is 11.5 Å². The second-order valence-electron chi connectivity index (χ2n) is 29.0. The van der Waals surface area contributed by atoms with E-state index in [4.69, 9.17) is 18.9 Å². The number of hydrogen-bond donors (Lipinski definition) is 2. The van der Waals surface area contributed by atoms with Gasteiger partial charge in [0.05, 0.1) is 31.8 Å². The van der Waals surface area contributed by atoms with Crippen LogP contribution in [0.4, 0.5) is 0 Å². The summed E-state index contributed by atoms with van der Waals surface area (Å²) in [7, 11) is 0. The van der Waals surface area contributed by atoms with Gasteiger partial charge in [-0.25, -0.2) is 0 Å². The average molecular weight is 905 g/mol. The highest BCUT2D eigenvalue weighted by molar-refractivity contribution is 5.52. The second-order valence-corrected chi connectivity index (χ2v) is 29.0. The van der Waals surface area contributed by atoms with Crippen molar-refractivity contribution in [1.29, 1.82) is 0 Å². The first-order chi connectivity index (χ1) is 29.2. The molecule has 2 heterocycles. The summed E-state index contributed by atoms with van der Waals surface area (Å²) in [6, 6.07) is 9.15. The quantitative estimate of drug-likeness (QED) is 0.175. The summed E-state index contributed by atoms with van der Waals surface area (Å²) in [6.45, 7) is 52.6. The predicted molar refractivity (Wildman–Crippen MR) is 274 cm³/mol. The summed E-state index contributed by atoms with van der Waals surface area (Å²) in [5.74, 6) is 1.46. The van der Waals surface area contributed by atoms with E-state index in [0.717, 1.165) is 73.6 Å². The Morgan fingerprint density at radius 1 is 0.431 bits per heavy atom. The van der Waals surface area contributed by atoms with Crippen LogP contribution in [0, 0.1) is 27.1 Å². The Morgan fingerprint density at radius 2 is 0.646 bits per heavy atom. The molecule has 0 aromatic heterocycles. The SMILES string of the molecule is CC(CCC1OCC2(CO1)COC(CCC(C)c1cc(C(C)(C)CC(C)(C)C)c(O)c(C(C)(C)CC(C)(C)C)c1)OC2)c1cc(C(C)(C)CC(C)(C)C)c(O)c(C(C)(C)CC(C)(C)C)c1. The van der Waals surface area contributed by atoms with Crippen molar-refractivity contribution in [3.8, 4) is 11.5 Å². The van der Waals surface area contributed by atoms with Gasteiger partial charge in [0, 0.05) is 22.3 Å². The topological polar surface area (TPSA) is 77.4 Å². The average Bonchev–Trinajstić information content (AvgIpc) is 3.10. The summed E-state index contributed by atoms with van der Waals surface area (Å²) >= 11 is 0. The third-order valence-corrected chi connectivity index (χ3v) is 14.2. The van der Waals surface area contributed by atoms with E-state index in [1.54, 1.807) is 0 Å². The van der Waals surface area contributed by atoms with E-state index in [9.17, 15) is 10.2 Å². The summed E-state index contributed by atoms with van der Waals surface area (Å²) in [4.78, 5) is 0. The largest absolute Gasteiger partial charge is 0.507 e. The van der Waals surface area contributed by atoms with Gasteiger partial charge in [-0.05, 0) is 118 Å². The Labute approximate surface area is 400 Å². The highest BCUT2D eigenvalue weighted by atomic mass is 16.7. The monoisotopic (exact) mass is 905 g/mol. The van der Waals surface area contributed by atoms with Gasteiger partial charge in [-0.2, -0.15) is 0 Å². The van der Waals surface area contributed by atoms with E-state index in [0.29, 0.717) is 37.9 Å². The molecule has 6 heteroatoms. The normalized spacial score (nSPS) is 22.1. The number of phenols is 2. The van der Waals surface area contributed by atoms with E-state index < -0.39 is 0 Å². The predicted octanol–water partition coefficient (Wildman–Crippen LogP) is 16.2. The zero-order chi connectivity index (χ0) is 49.6. The van der Waals surface area contributed by atoms with Gasteiger partial charge in [-0.1, -0.05) is 177 Å². The number of aromatic hydroxyl groups is 2. The van der Waals surface area contributed by atoms with Crippen LogP contribution in [0.25, 0.3) is 0 Å². The fourth-order valence-electron chi connectivity index (χ4n) is 12.5.